The fourth-order valence-electron chi connectivity index (χ4n) is 7.12. The van der Waals surface area contributed by atoms with Crippen LogP contribution in [0.3, 0.4) is 0 Å². The first-order chi connectivity index (χ1) is 29.2. The average molecular weight is 859 g/mol. The van der Waals surface area contributed by atoms with E-state index in [0.29, 0.717) is 63.0 Å². The lowest BCUT2D eigenvalue weighted by atomic mass is 10.0. The Morgan fingerprint density at radius 3 is 2.62 bits per heavy atom. The van der Waals surface area contributed by atoms with E-state index in [1.807, 2.05) is 0 Å². The molecule has 1 fully saturated rings. The van der Waals surface area contributed by atoms with Gasteiger partial charge in [-0.15, -0.1) is 5.10 Å². The first kappa shape index (κ1) is 40.6. The van der Waals surface area contributed by atoms with Crippen molar-refractivity contribution < 1.29 is 32.3 Å². The summed E-state index contributed by atoms with van der Waals surface area (Å²) in [5.41, 5.74) is 0.494. The normalized spacial score (nSPS) is 15.1. The van der Waals surface area contributed by atoms with Crippen LogP contribution in [-0.2, 0) is 47.6 Å². The fourth-order valence-corrected chi connectivity index (χ4v) is 7.32. The zero-order chi connectivity index (χ0) is 43.1. The number of carbonyl (C=O) groups is 3. The second kappa shape index (κ2) is 16.5. The molecule has 0 spiro atoms. The zero-order valence-corrected chi connectivity index (χ0v) is 32.9. The van der Waals surface area contributed by atoms with Gasteiger partial charge in [-0.3, -0.25) is 23.6 Å². The summed E-state index contributed by atoms with van der Waals surface area (Å²) in [6, 6.07) is 8.38. The van der Waals surface area contributed by atoms with E-state index in [0.717, 1.165) is 4.57 Å². The minimum atomic E-state index is -1.43. The monoisotopic (exact) mass is 858 g/mol. The number of fused-ring (bicyclic) bond motifs is 2. The molecular formula is C39H34ClF3N12O6. The smallest absolute Gasteiger partial charge is 0.355 e. The Labute approximate surface area is 347 Å². The third-order valence-electron chi connectivity index (χ3n) is 10.1. The highest BCUT2D eigenvalue weighted by Gasteiger charge is 2.39. The number of benzene rings is 3. The van der Waals surface area contributed by atoms with Crippen LogP contribution in [0, 0.1) is 17.5 Å². The van der Waals surface area contributed by atoms with Crippen molar-refractivity contribution in [2.75, 3.05) is 23.8 Å². The van der Waals surface area contributed by atoms with Crippen molar-refractivity contribution >= 4 is 57.5 Å². The Hall–Kier alpha value is -7.13. The van der Waals surface area contributed by atoms with E-state index in [1.165, 1.54) is 15.8 Å². The quantitative estimate of drug-likeness (QED) is 0.114. The largest absolute Gasteiger partial charge is 0.370 e. The zero-order valence-electron chi connectivity index (χ0n) is 32.1. The summed E-state index contributed by atoms with van der Waals surface area (Å²) >= 11 is 6.48. The van der Waals surface area contributed by atoms with Crippen molar-refractivity contribution in [2.24, 2.45) is 7.05 Å². The number of anilines is 3. The highest BCUT2D eigenvalue weighted by molar-refractivity contribution is 6.34. The summed E-state index contributed by atoms with van der Waals surface area (Å²) in [6.45, 7) is 2.59. The summed E-state index contributed by atoms with van der Waals surface area (Å²) < 4.78 is 52.9. The second-order valence-electron chi connectivity index (χ2n) is 14.3. The maximum Gasteiger partial charge on any atom is 0.355 e. The molecule has 18 nitrogen and oxygen atoms in total. The molecule has 6 aromatic rings. The number of rotatable bonds is 13. The molecule has 0 aliphatic carbocycles. The van der Waals surface area contributed by atoms with E-state index in [2.05, 4.69) is 42.9 Å². The van der Waals surface area contributed by atoms with E-state index >= 15 is 0 Å². The predicted octanol–water partition coefficient (Wildman–Crippen LogP) is 3.20. The number of carbonyl (C=O) groups excluding carboxylic acids is 3. The first-order valence-corrected chi connectivity index (χ1v) is 19.0. The van der Waals surface area contributed by atoms with Crippen LogP contribution in [-0.4, -0.2) is 80.8 Å². The van der Waals surface area contributed by atoms with Gasteiger partial charge in [0.05, 0.1) is 48.7 Å². The Kier molecular flexibility index (Phi) is 11.0. The molecule has 3 aromatic heterocycles. The summed E-state index contributed by atoms with van der Waals surface area (Å²) in [6.07, 6.45) is 4.13. The SMILES string of the molecule is C=C1CCC(N2Cc3c(NC(=O)COCCn4cc(Cn5c(=O)nc(Nc6cc7cn(C)nc7cc6Cl)n(Cc6cc(F)c(F)cc6F)c5=O)nn4)cccc3C2=O)C(=O)N1. The van der Waals surface area contributed by atoms with Gasteiger partial charge in [0.15, 0.2) is 11.6 Å². The number of hydrogen-bond donors (Lipinski definition) is 3. The van der Waals surface area contributed by atoms with Crippen molar-refractivity contribution in [3.8, 4) is 0 Å². The van der Waals surface area contributed by atoms with Gasteiger partial charge in [0.1, 0.15) is 24.2 Å². The van der Waals surface area contributed by atoms with Crippen LogP contribution in [0.5, 0.6) is 0 Å². The molecule has 3 N–H and O–H groups in total. The van der Waals surface area contributed by atoms with Crippen molar-refractivity contribution in [1.82, 2.24) is 49.1 Å². The van der Waals surface area contributed by atoms with Crippen molar-refractivity contribution in [3.05, 3.63) is 133 Å². The van der Waals surface area contributed by atoms with Crippen LogP contribution in [0.25, 0.3) is 10.9 Å². The molecule has 22 heteroatoms. The molecule has 3 aromatic carbocycles. The van der Waals surface area contributed by atoms with Gasteiger partial charge in [0, 0.05) is 59.3 Å². The van der Waals surface area contributed by atoms with Crippen molar-refractivity contribution in [1.29, 1.82) is 0 Å². The number of nitrogens with zero attached hydrogens (tertiary/aromatic N) is 9. The molecule has 8 rings (SSSR count). The van der Waals surface area contributed by atoms with E-state index in [4.69, 9.17) is 16.3 Å². The van der Waals surface area contributed by atoms with Crippen LogP contribution in [0.2, 0.25) is 5.02 Å². The minimum Gasteiger partial charge on any atom is -0.370 e. The number of aryl methyl sites for hydroxylation is 1. The Morgan fingerprint density at radius 2 is 1.82 bits per heavy atom. The molecule has 61 heavy (non-hydrogen) atoms. The lowest BCUT2D eigenvalue weighted by Crippen LogP contribution is -2.49. The van der Waals surface area contributed by atoms with Gasteiger partial charge in [0.25, 0.3) is 5.91 Å². The van der Waals surface area contributed by atoms with Gasteiger partial charge in [-0.25, -0.2) is 32.0 Å². The van der Waals surface area contributed by atoms with Crippen molar-refractivity contribution in [3.63, 3.8) is 0 Å². The van der Waals surface area contributed by atoms with Gasteiger partial charge in [0.2, 0.25) is 17.8 Å². The number of piperidine rings is 1. The van der Waals surface area contributed by atoms with Crippen LogP contribution in [0.1, 0.15) is 40.0 Å². The summed E-state index contributed by atoms with van der Waals surface area (Å²) in [5.74, 6) is -5.38. The van der Waals surface area contributed by atoms with Crippen LogP contribution < -0.4 is 27.3 Å². The van der Waals surface area contributed by atoms with Gasteiger partial charge >= 0.3 is 11.4 Å². The maximum atomic E-state index is 14.9. The Bertz CT molecular complexity index is 2910. The molecule has 1 saturated heterocycles. The number of hydrogen-bond acceptors (Lipinski definition) is 11. The topological polar surface area (TPSA) is 205 Å². The van der Waals surface area contributed by atoms with Gasteiger partial charge in [-0.05, 0) is 43.2 Å². The van der Waals surface area contributed by atoms with Crippen molar-refractivity contribution in [2.45, 2.75) is 45.1 Å². The van der Waals surface area contributed by atoms with Gasteiger partial charge < -0.3 is 25.6 Å². The number of aromatic nitrogens is 8. The number of amides is 3. The second-order valence-corrected chi connectivity index (χ2v) is 14.7. The lowest BCUT2D eigenvalue weighted by molar-refractivity contribution is -0.126. The Balaban J connectivity index is 0.926. The first-order valence-electron chi connectivity index (χ1n) is 18.7. The Morgan fingerprint density at radius 1 is 1.02 bits per heavy atom. The minimum absolute atomic E-state index is 0.000667. The number of nitrogens with one attached hydrogen (secondary N) is 3. The van der Waals surface area contributed by atoms with E-state index < -0.39 is 59.4 Å². The molecule has 3 amide bonds. The van der Waals surface area contributed by atoms with E-state index in [-0.39, 0.29) is 60.5 Å². The van der Waals surface area contributed by atoms with Gasteiger partial charge in [-0.2, -0.15) is 10.1 Å². The molecular weight excluding hydrogens is 825 g/mol. The lowest BCUT2D eigenvalue weighted by Gasteiger charge is -2.31. The predicted molar refractivity (Wildman–Crippen MR) is 212 cm³/mol. The molecule has 1 unspecified atom stereocenters. The highest BCUT2D eigenvalue weighted by Crippen LogP contribution is 2.33. The third-order valence-corrected chi connectivity index (χ3v) is 10.4. The number of allylic oxidation sites excluding steroid dienone is 1. The van der Waals surface area contributed by atoms with Crippen LogP contribution in [0.4, 0.5) is 30.5 Å². The fraction of sp³-hybridized carbons (Fsp3) is 0.256. The summed E-state index contributed by atoms with van der Waals surface area (Å²) in [7, 11) is 1.71. The molecule has 0 saturated carbocycles. The molecule has 1 atom stereocenters. The summed E-state index contributed by atoms with van der Waals surface area (Å²) in [5, 5.41) is 21.4. The molecule has 2 aliphatic heterocycles. The van der Waals surface area contributed by atoms with Crippen LogP contribution in [0.15, 0.2) is 76.7 Å². The van der Waals surface area contributed by atoms with E-state index in [9.17, 15) is 37.1 Å². The number of ether oxygens (including phenoxy) is 1. The molecule has 5 heterocycles. The average Bonchev–Trinajstić information content (AvgIpc) is 3.91. The summed E-state index contributed by atoms with van der Waals surface area (Å²) in [4.78, 5) is 71.4. The molecule has 0 radical (unpaired) electrons. The van der Waals surface area contributed by atoms with Crippen LogP contribution >= 0.6 is 11.6 Å². The molecule has 314 valence electrons. The maximum absolute atomic E-state index is 14.9. The number of halogens is 4. The highest BCUT2D eigenvalue weighted by atomic mass is 35.5. The third kappa shape index (κ3) is 8.37. The van der Waals surface area contributed by atoms with E-state index in [1.54, 1.807) is 48.3 Å². The molecule has 0 bridgehead atoms. The molecule has 2 aliphatic rings. The van der Waals surface area contributed by atoms with Gasteiger partial charge in [-0.1, -0.05) is 29.5 Å². The standard InChI is InChI=1S/C39H34ClF3N12O6/c1-20-6-7-33(35(57)44-20)53-18-25-24(36(53)58)4-3-5-30(25)45-34(56)19-61-9-8-52-16-23(48-50-52)17-55-38(59)47-37(46-32-11-22-14-51(2)49-31(22)12-26(32)40)54(39(55)60)15-21-10-28(42)29(43)13-27(21)41/h3-5,10-14,16,33H,1,6-9,15,17-19H2,2H3,(H,44,57)(H,45,56)(H,46,47,59).